The van der Waals surface area contributed by atoms with Gasteiger partial charge in [0.1, 0.15) is 5.52 Å². The van der Waals surface area contributed by atoms with Crippen LogP contribution in [0.25, 0.3) is 67.2 Å². The summed E-state index contributed by atoms with van der Waals surface area (Å²) in [5.74, 6) is 0.631. The predicted molar refractivity (Wildman–Crippen MR) is 158 cm³/mol. The third-order valence-corrected chi connectivity index (χ3v) is 6.98. The lowest BCUT2D eigenvalue weighted by Crippen LogP contribution is -1.96. The van der Waals surface area contributed by atoms with Crippen LogP contribution in [0.15, 0.2) is 120 Å². The van der Waals surface area contributed by atoms with Crippen LogP contribution in [-0.2, 0) is 0 Å². The van der Waals surface area contributed by atoms with Crippen LogP contribution < -0.4 is 0 Å². The number of aryl methyl sites for hydroxylation is 2. The first-order chi connectivity index (χ1) is 19.1. The minimum Gasteiger partial charge on any atom is -0.436 e. The summed E-state index contributed by atoms with van der Waals surface area (Å²) < 4.78 is 5.93. The third-order valence-electron chi connectivity index (χ3n) is 6.98. The van der Waals surface area contributed by atoms with Gasteiger partial charge in [-0.25, -0.2) is 15.0 Å². The van der Waals surface area contributed by atoms with Crippen molar-refractivity contribution in [2.75, 3.05) is 0 Å². The second-order valence-electron chi connectivity index (χ2n) is 9.93. The maximum atomic E-state index is 5.93. The predicted octanol–water partition coefficient (Wildman–Crippen LogP) is 9.06. The minimum absolute atomic E-state index is 0.631. The van der Waals surface area contributed by atoms with E-state index in [4.69, 9.17) is 14.4 Å². The van der Waals surface area contributed by atoms with Crippen LogP contribution in [0.5, 0.6) is 0 Å². The van der Waals surface area contributed by atoms with E-state index in [1.54, 1.807) is 0 Å². The van der Waals surface area contributed by atoms with Crippen LogP contribution in [0.2, 0.25) is 0 Å². The molecule has 0 aliphatic carbocycles. The van der Waals surface area contributed by atoms with Crippen LogP contribution in [0, 0.1) is 13.8 Å². The fourth-order valence-corrected chi connectivity index (χ4v) is 5.14. The van der Waals surface area contributed by atoms with Crippen molar-refractivity contribution < 1.29 is 4.42 Å². The summed E-state index contributed by atoms with van der Waals surface area (Å²) in [6.45, 7) is 4.24. The summed E-state index contributed by atoms with van der Waals surface area (Å²) in [5.41, 5.74) is 13.0. The summed E-state index contributed by atoms with van der Waals surface area (Å²) in [6, 6.07) is 39.3. The molecule has 7 rings (SSSR count). The molecule has 0 spiro atoms. The number of fused-ring (bicyclic) bond motifs is 2. The van der Waals surface area contributed by atoms with E-state index in [1.807, 2.05) is 48.5 Å². The lowest BCUT2D eigenvalue weighted by atomic mass is 9.98. The highest BCUT2D eigenvalue weighted by Crippen LogP contribution is 2.34. The number of nitrogens with zero attached hydrogens (tertiary/aromatic N) is 3. The summed E-state index contributed by atoms with van der Waals surface area (Å²) in [5, 5.41) is 0. The number of hydrogen-bond donors (Lipinski definition) is 0. The Balaban J connectivity index is 1.25. The number of rotatable bonds is 4. The minimum atomic E-state index is 0.631. The Morgan fingerprint density at radius 3 is 1.51 bits per heavy atom. The zero-order valence-corrected chi connectivity index (χ0v) is 21.7. The first kappa shape index (κ1) is 23.1. The molecule has 0 radical (unpaired) electrons. The summed E-state index contributed by atoms with van der Waals surface area (Å²) in [7, 11) is 0. The highest BCUT2D eigenvalue weighted by molar-refractivity contribution is 5.87. The topological polar surface area (TPSA) is 51.8 Å². The van der Waals surface area contributed by atoms with Crippen LogP contribution in [0.4, 0.5) is 0 Å². The molecule has 0 N–H and O–H groups in total. The van der Waals surface area contributed by atoms with E-state index in [0.717, 1.165) is 61.3 Å². The molecule has 0 fully saturated rings. The summed E-state index contributed by atoms with van der Waals surface area (Å²) in [6.07, 6.45) is 0. The van der Waals surface area contributed by atoms with Crippen molar-refractivity contribution in [3.8, 4) is 45.1 Å². The second kappa shape index (κ2) is 9.34. The van der Waals surface area contributed by atoms with Crippen molar-refractivity contribution in [2.45, 2.75) is 13.8 Å². The highest BCUT2D eigenvalue weighted by atomic mass is 16.3. The maximum absolute atomic E-state index is 5.93. The smallest absolute Gasteiger partial charge is 0.227 e. The van der Waals surface area contributed by atoms with E-state index in [-0.39, 0.29) is 0 Å². The molecular formula is C35H25N3O. The Hall–Kier alpha value is -5.09. The standard InChI is InChI=1S/C35H25N3O/c1-22-19-23(2)21-28(20-22)34-33(36-29-7-3-4-8-30(29)37-34)26-15-11-24(12-16-26)25-13-17-27(18-14-25)35-38-31-9-5-6-10-32(31)39-35/h3-21H,1-2H3. The molecule has 4 heteroatoms. The van der Waals surface area contributed by atoms with Crippen molar-refractivity contribution in [1.82, 2.24) is 15.0 Å². The van der Waals surface area contributed by atoms with E-state index < -0.39 is 0 Å². The van der Waals surface area contributed by atoms with E-state index in [0.29, 0.717) is 5.89 Å². The lowest BCUT2D eigenvalue weighted by molar-refractivity contribution is 0.620. The molecule has 2 aromatic heterocycles. The van der Waals surface area contributed by atoms with Gasteiger partial charge in [-0.2, -0.15) is 0 Å². The zero-order chi connectivity index (χ0) is 26.3. The zero-order valence-electron chi connectivity index (χ0n) is 21.7. The second-order valence-corrected chi connectivity index (χ2v) is 9.93. The fraction of sp³-hybridized carbons (Fsp3) is 0.0571. The SMILES string of the molecule is Cc1cc(C)cc(-c2nc3ccccc3nc2-c2ccc(-c3ccc(-c4nc5ccccc5o4)cc3)cc2)c1. The van der Waals surface area contributed by atoms with Crippen molar-refractivity contribution >= 4 is 22.1 Å². The Bertz CT molecular complexity index is 1920. The molecule has 2 heterocycles. The molecule has 39 heavy (non-hydrogen) atoms. The molecule has 186 valence electrons. The molecular weight excluding hydrogens is 478 g/mol. The van der Waals surface area contributed by atoms with Gasteiger partial charge in [0.2, 0.25) is 5.89 Å². The number of aromatic nitrogens is 3. The number of benzene rings is 5. The van der Waals surface area contributed by atoms with Crippen LogP contribution in [0.3, 0.4) is 0 Å². The molecule has 7 aromatic rings. The largest absolute Gasteiger partial charge is 0.436 e. The van der Waals surface area contributed by atoms with E-state index >= 15 is 0 Å². The molecule has 0 unspecified atom stereocenters. The monoisotopic (exact) mass is 503 g/mol. The normalized spacial score (nSPS) is 11.3. The highest BCUT2D eigenvalue weighted by Gasteiger charge is 2.15. The Morgan fingerprint density at radius 2 is 0.923 bits per heavy atom. The van der Waals surface area contributed by atoms with Crippen molar-refractivity contribution in [2.24, 2.45) is 0 Å². The van der Waals surface area contributed by atoms with Gasteiger partial charge in [0, 0.05) is 16.7 Å². The molecule has 0 atom stereocenters. The van der Waals surface area contributed by atoms with Gasteiger partial charge in [0.15, 0.2) is 5.58 Å². The molecule has 0 saturated carbocycles. The fourth-order valence-electron chi connectivity index (χ4n) is 5.14. The van der Waals surface area contributed by atoms with Gasteiger partial charge in [-0.3, -0.25) is 0 Å². The van der Waals surface area contributed by atoms with Crippen LogP contribution in [-0.4, -0.2) is 15.0 Å². The van der Waals surface area contributed by atoms with E-state index in [2.05, 4.69) is 85.6 Å². The van der Waals surface area contributed by atoms with Gasteiger partial charge in [0.25, 0.3) is 0 Å². The maximum Gasteiger partial charge on any atom is 0.227 e. The van der Waals surface area contributed by atoms with Gasteiger partial charge in [-0.05, 0) is 73.5 Å². The van der Waals surface area contributed by atoms with Gasteiger partial charge < -0.3 is 4.42 Å². The van der Waals surface area contributed by atoms with Crippen LogP contribution >= 0.6 is 0 Å². The van der Waals surface area contributed by atoms with Crippen molar-refractivity contribution in [1.29, 1.82) is 0 Å². The average Bonchev–Trinajstić information content (AvgIpc) is 3.41. The molecule has 4 nitrogen and oxygen atoms in total. The quantitative estimate of drug-likeness (QED) is 0.240. The third kappa shape index (κ3) is 4.36. The number of para-hydroxylation sites is 4. The van der Waals surface area contributed by atoms with Gasteiger partial charge in [0.05, 0.1) is 22.4 Å². The number of hydrogen-bond acceptors (Lipinski definition) is 4. The van der Waals surface area contributed by atoms with Crippen molar-refractivity contribution in [3.05, 3.63) is 126 Å². The first-order valence-electron chi connectivity index (χ1n) is 13.0. The van der Waals surface area contributed by atoms with Crippen molar-refractivity contribution in [3.63, 3.8) is 0 Å². The first-order valence-corrected chi connectivity index (χ1v) is 13.0. The molecule has 0 saturated heterocycles. The van der Waals surface area contributed by atoms with Gasteiger partial charge >= 0.3 is 0 Å². The molecule has 0 aliphatic heterocycles. The van der Waals surface area contributed by atoms with E-state index in [1.165, 1.54) is 11.1 Å². The molecule has 0 amide bonds. The molecule has 0 aliphatic rings. The molecule has 0 bridgehead atoms. The summed E-state index contributed by atoms with van der Waals surface area (Å²) in [4.78, 5) is 14.7. The Labute approximate surface area is 226 Å². The van der Waals surface area contributed by atoms with Gasteiger partial charge in [-0.1, -0.05) is 77.9 Å². The lowest BCUT2D eigenvalue weighted by Gasteiger charge is -2.12. The van der Waals surface area contributed by atoms with Crippen LogP contribution in [0.1, 0.15) is 11.1 Å². The average molecular weight is 504 g/mol. The van der Waals surface area contributed by atoms with Gasteiger partial charge in [-0.15, -0.1) is 0 Å². The Morgan fingerprint density at radius 1 is 0.436 bits per heavy atom. The summed E-state index contributed by atoms with van der Waals surface area (Å²) >= 11 is 0. The molecule has 5 aromatic carbocycles. The number of oxazole rings is 1. The Kier molecular flexibility index (Phi) is 5.52. The van der Waals surface area contributed by atoms with E-state index in [9.17, 15) is 0 Å².